The fourth-order valence-electron chi connectivity index (χ4n) is 4.31. The highest BCUT2D eigenvalue weighted by Gasteiger charge is 2.25. The summed E-state index contributed by atoms with van der Waals surface area (Å²) in [4.78, 5) is 7.46. The number of rotatable bonds is 4. The van der Waals surface area contributed by atoms with Gasteiger partial charge in [0.25, 0.3) is 0 Å². The summed E-state index contributed by atoms with van der Waals surface area (Å²) >= 11 is 0. The maximum atomic E-state index is 5.90. The van der Waals surface area contributed by atoms with Gasteiger partial charge in [0.2, 0.25) is 0 Å². The number of hydrogen-bond donors (Lipinski definition) is 1. The molecule has 0 unspecified atom stereocenters. The fourth-order valence-corrected chi connectivity index (χ4v) is 4.31. The second-order valence-corrected chi connectivity index (χ2v) is 8.83. The van der Waals surface area contributed by atoms with Gasteiger partial charge in [-0.1, -0.05) is 65.7 Å². The molecule has 0 saturated carbocycles. The van der Waals surface area contributed by atoms with Crippen LogP contribution in [0.5, 0.6) is 0 Å². The number of hydrogen-bond acceptors (Lipinski definition) is 5. The Labute approximate surface area is 207 Å². The highest BCUT2D eigenvalue weighted by atomic mass is 16.5. The van der Waals surface area contributed by atoms with Gasteiger partial charge in [-0.15, -0.1) is 0 Å². The summed E-state index contributed by atoms with van der Waals surface area (Å²) in [5, 5.41) is 3.61. The van der Waals surface area contributed by atoms with E-state index in [4.69, 9.17) is 14.5 Å². The van der Waals surface area contributed by atoms with Gasteiger partial charge < -0.3 is 24.3 Å². The summed E-state index contributed by atoms with van der Waals surface area (Å²) in [5.41, 5.74) is 5.63. The smallest absolute Gasteiger partial charge is 0.174 e. The van der Waals surface area contributed by atoms with Gasteiger partial charge in [0, 0.05) is 30.0 Å². The first kappa shape index (κ1) is 23.1. The average molecular weight is 469 g/mol. The van der Waals surface area contributed by atoms with Gasteiger partial charge in [-0.05, 0) is 38.1 Å². The summed E-state index contributed by atoms with van der Waals surface area (Å²) in [7, 11) is 0. The highest BCUT2D eigenvalue weighted by Crippen LogP contribution is 2.38. The molecule has 0 atom stereocenters. The topological polar surface area (TPSA) is 51.6 Å². The zero-order valence-corrected chi connectivity index (χ0v) is 20.4. The van der Waals surface area contributed by atoms with E-state index in [0.29, 0.717) is 39.5 Å². The first-order valence-electron chi connectivity index (χ1n) is 12.2. The molecule has 0 fully saturated rings. The van der Waals surface area contributed by atoms with Gasteiger partial charge in [-0.2, -0.15) is 0 Å². The predicted octanol–water partition coefficient (Wildman–Crippen LogP) is 6.10. The van der Waals surface area contributed by atoms with Crippen LogP contribution in [-0.2, 0) is 16.0 Å². The Hall–Kier alpha value is -3.61. The van der Waals surface area contributed by atoms with E-state index in [9.17, 15) is 0 Å². The third-order valence-electron chi connectivity index (χ3n) is 6.18. The molecule has 35 heavy (non-hydrogen) atoms. The number of aryl methyl sites for hydroxylation is 2. The van der Waals surface area contributed by atoms with Crippen molar-refractivity contribution in [3.8, 4) is 11.4 Å². The molecule has 6 heteroatoms. The van der Waals surface area contributed by atoms with E-state index in [1.165, 1.54) is 11.1 Å². The minimum Gasteiger partial charge on any atom is -0.377 e. The molecule has 0 aliphatic carbocycles. The van der Waals surface area contributed by atoms with Gasteiger partial charge in [0.05, 0.1) is 26.4 Å². The predicted molar refractivity (Wildman–Crippen MR) is 142 cm³/mol. The van der Waals surface area contributed by atoms with Crippen LogP contribution in [0.2, 0.25) is 0 Å². The van der Waals surface area contributed by atoms with Crippen LogP contribution in [0, 0.1) is 13.8 Å². The number of benzene rings is 3. The summed E-state index contributed by atoms with van der Waals surface area (Å²) in [6, 6.07) is 27.4. The Morgan fingerprint density at radius 1 is 0.714 bits per heavy atom. The lowest BCUT2D eigenvalue weighted by Gasteiger charge is -2.27. The van der Waals surface area contributed by atoms with Crippen LogP contribution in [0.15, 0.2) is 78.9 Å². The number of imidazole rings is 1. The largest absolute Gasteiger partial charge is 0.377 e. The maximum Gasteiger partial charge on any atom is 0.174 e. The van der Waals surface area contributed by atoms with E-state index in [0.717, 1.165) is 34.4 Å². The van der Waals surface area contributed by atoms with Crippen molar-refractivity contribution in [1.29, 1.82) is 0 Å². The second kappa shape index (κ2) is 10.8. The van der Waals surface area contributed by atoms with E-state index < -0.39 is 0 Å². The monoisotopic (exact) mass is 468 g/mol. The lowest BCUT2D eigenvalue weighted by Crippen LogP contribution is -2.26. The van der Waals surface area contributed by atoms with E-state index in [-0.39, 0.29) is 0 Å². The molecule has 180 valence electrons. The Kier molecular flexibility index (Phi) is 7.12. The summed E-state index contributed by atoms with van der Waals surface area (Å²) < 4.78 is 14.1. The molecule has 0 saturated heterocycles. The van der Waals surface area contributed by atoms with Crippen molar-refractivity contribution in [2.75, 3.05) is 43.2 Å². The SMILES string of the molecule is Cc1ccc(Nc2nc(-c3ccccc3)n3c2N(c2ccc(C)cc2)CCOCCOCC3)cc1. The first-order chi connectivity index (χ1) is 17.2. The van der Waals surface area contributed by atoms with Crippen molar-refractivity contribution in [3.05, 3.63) is 90.0 Å². The van der Waals surface area contributed by atoms with Crippen LogP contribution in [0.25, 0.3) is 11.4 Å². The summed E-state index contributed by atoms with van der Waals surface area (Å²) in [5.74, 6) is 2.73. The Morgan fingerprint density at radius 2 is 1.34 bits per heavy atom. The van der Waals surface area contributed by atoms with Crippen LogP contribution < -0.4 is 10.2 Å². The van der Waals surface area contributed by atoms with Crippen LogP contribution in [0.3, 0.4) is 0 Å². The highest BCUT2D eigenvalue weighted by molar-refractivity contribution is 5.79. The normalized spacial score (nSPS) is 14.7. The van der Waals surface area contributed by atoms with Gasteiger partial charge in [0.15, 0.2) is 11.6 Å². The van der Waals surface area contributed by atoms with Crippen molar-refractivity contribution in [2.24, 2.45) is 0 Å². The summed E-state index contributed by atoms with van der Waals surface area (Å²) in [6.45, 7) is 7.94. The van der Waals surface area contributed by atoms with Crippen LogP contribution in [0.4, 0.5) is 23.0 Å². The minimum absolute atomic E-state index is 0.582. The van der Waals surface area contributed by atoms with E-state index in [2.05, 4.69) is 101 Å². The molecule has 0 bridgehead atoms. The van der Waals surface area contributed by atoms with Crippen LogP contribution in [-0.4, -0.2) is 42.5 Å². The lowest BCUT2D eigenvalue weighted by molar-refractivity contribution is 0.0494. The molecule has 0 spiro atoms. The second-order valence-electron chi connectivity index (χ2n) is 8.83. The molecular formula is C29H32N4O2. The Bertz CT molecular complexity index is 1230. The molecule has 1 aliphatic rings. The molecule has 2 heterocycles. The van der Waals surface area contributed by atoms with Crippen LogP contribution in [0.1, 0.15) is 11.1 Å². The number of aromatic nitrogens is 2. The molecule has 1 N–H and O–H groups in total. The molecule has 5 rings (SSSR count). The third kappa shape index (κ3) is 5.39. The maximum absolute atomic E-state index is 5.90. The third-order valence-corrected chi connectivity index (χ3v) is 6.18. The van der Waals surface area contributed by atoms with Crippen molar-refractivity contribution in [1.82, 2.24) is 9.55 Å². The lowest BCUT2D eigenvalue weighted by atomic mass is 10.2. The Balaban J connectivity index is 1.68. The van der Waals surface area contributed by atoms with Crippen LogP contribution >= 0.6 is 0 Å². The first-order valence-corrected chi connectivity index (χ1v) is 12.2. The molecule has 0 amide bonds. The van der Waals surface area contributed by atoms with E-state index in [1.54, 1.807) is 0 Å². The number of anilines is 4. The standard InChI is InChI=1S/C29H32N4O2/c1-22-8-12-25(13-9-22)30-27-29-32(26-14-10-23(2)11-15-26)16-18-34-20-21-35-19-17-33(29)28(31-27)24-6-4-3-5-7-24/h3-15,30H,16-21H2,1-2H3. The molecule has 0 radical (unpaired) electrons. The molecule has 3 aromatic carbocycles. The molecule has 6 nitrogen and oxygen atoms in total. The molecule has 1 aliphatic heterocycles. The number of nitrogens with one attached hydrogen (secondary N) is 1. The number of ether oxygens (including phenoxy) is 2. The zero-order chi connectivity index (χ0) is 24.0. The number of fused-ring (bicyclic) bond motifs is 1. The van der Waals surface area contributed by atoms with Gasteiger partial charge in [-0.25, -0.2) is 4.98 Å². The quantitative estimate of drug-likeness (QED) is 0.392. The van der Waals surface area contributed by atoms with Gasteiger partial charge >= 0.3 is 0 Å². The van der Waals surface area contributed by atoms with Crippen molar-refractivity contribution in [3.63, 3.8) is 0 Å². The zero-order valence-electron chi connectivity index (χ0n) is 20.4. The van der Waals surface area contributed by atoms with Crippen molar-refractivity contribution < 1.29 is 9.47 Å². The number of nitrogens with zero attached hydrogens (tertiary/aromatic N) is 3. The fraction of sp³-hybridized carbons (Fsp3) is 0.276. The Morgan fingerprint density at radius 3 is 2.03 bits per heavy atom. The van der Waals surface area contributed by atoms with Gasteiger partial charge in [0.1, 0.15) is 5.82 Å². The van der Waals surface area contributed by atoms with E-state index >= 15 is 0 Å². The average Bonchev–Trinajstić information content (AvgIpc) is 3.21. The minimum atomic E-state index is 0.582. The molecule has 1 aromatic heterocycles. The molecule has 4 aromatic rings. The van der Waals surface area contributed by atoms with Gasteiger partial charge in [-0.3, -0.25) is 0 Å². The summed E-state index contributed by atoms with van der Waals surface area (Å²) in [6.07, 6.45) is 0. The van der Waals surface area contributed by atoms with Crippen molar-refractivity contribution in [2.45, 2.75) is 20.4 Å². The van der Waals surface area contributed by atoms with E-state index in [1.807, 2.05) is 6.07 Å². The molecular weight excluding hydrogens is 436 g/mol. The van der Waals surface area contributed by atoms with Crippen molar-refractivity contribution >= 4 is 23.0 Å².